The Kier molecular flexibility index (Phi) is 5.72. The van der Waals surface area contributed by atoms with E-state index in [1.807, 2.05) is 0 Å². The number of ether oxygens (including phenoxy) is 2. The van der Waals surface area contributed by atoms with Gasteiger partial charge in [0.05, 0.1) is 42.7 Å². The van der Waals surface area contributed by atoms with Gasteiger partial charge >= 0.3 is 6.09 Å². The van der Waals surface area contributed by atoms with Crippen LogP contribution in [-0.2, 0) is 20.3 Å². The Bertz CT molecular complexity index is 1250. The summed E-state index contributed by atoms with van der Waals surface area (Å²) in [5.74, 6) is -0.209. The fourth-order valence-electron chi connectivity index (χ4n) is 4.93. The Morgan fingerprint density at radius 3 is 2.65 bits per heavy atom. The molecule has 1 aromatic carbocycles. The van der Waals surface area contributed by atoms with Crippen molar-refractivity contribution in [2.24, 2.45) is 0 Å². The molecule has 2 aromatic rings. The lowest BCUT2D eigenvalue weighted by Gasteiger charge is -2.32. The van der Waals surface area contributed by atoms with Gasteiger partial charge in [0.25, 0.3) is 5.91 Å². The third-order valence-corrected chi connectivity index (χ3v) is 8.33. The maximum absolute atomic E-state index is 13.5. The number of methoxy groups -OCH3 is 1. The van der Waals surface area contributed by atoms with Crippen molar-refractivity contribution in [3.05, 3.63) is 29.5 Å². The molecular formula is C22H26N4O7S. The van der Waals surface area contributed by atoms with Crippen molar-refractivity contribution in [3.63, 3.8) is 0 Å². The fraction of sp³-hybridized carbons (Fsp3) is 0.500. The van der Waals surface area contributed by atoms with Crippen molar-refractivity contribution in [2.75, 3.05) is 46.5 Å². The van der Waals surface area contributed by atoms with Crippen molar-refractivity contribution in [3.8, 4) is 17.0 Å². The van der Waals surface area contributed by atoms with E-state index < -0.39 is 15.9 Å². The molecule has 1 aromatic heterocycles. The van der Waals surface area contributed by atoms with Crippen molar-refractivity contribution in [1.29, 1.82) is 0 Å². The average molecular weight is 491 g/mol. The summed E-state index contributed by atoms with van der Waals surface area (Å²) in [6.45, 7) is 2.24. The summed E-state index contributed by atoms with van der Waals surface area (Å²) in [6, 6.07) is 4.42. The number of amides is 2. The van der Waals surface area contributed by atoms with E-state index in [4.69, 9.17) is 9.47 Å². The van der Waals surface area contributed by atoms with Gasteiger partial charge in [0, 0.05) is 37.3 Å². The zero-order chi connectivity index (χ0) is 24.0. The molecule has 2 saturated heterocycles. The first-order chi connectivity index (χ1) is 16.3. The van der Waals surface area contributed by atoms with Gasteiger partial charge in [-0.2, -0.15) is 5.10 Å². The molecule has 182 valence electrons. The molecule has 0 aliphatic carbocycles. The number of carbonyl (C=O) groups is 2. The Hall–Kier alpha value is -3.12. The van der Waals surface area contributed by atoms with Gasteiger partial charge in [0.2, 0.25) is 0 Å². The lowest BCUT2D eigenvalue weighted by molar-refractivity contribution is 0.0297. The minimum absolute atomic E-state index is 0.0985. The standard InChI is InChI=1S/C22H26N4O7S/c1-32-15-4-5-18-16(11-15)20-17(13-34(18,30)31)19(21(27)24-7-9-33-10-8-24)23-26(20)14-3-2-6-25(12-14)22(28)29/h4-5,11,14H,2-3,6-10,12-13H2,1H3,(H,28,29). The molecule has 34 heavy (non-hydrogen) atoms. The summed E-state index contributed by atoms with van der Waals surface area (Å²) in [4.78, 5) is 28.2. The first-order valence-electron chi connectivity index (χ1n) is 11.2. The minimum Gasteiger partial charge on any atom is -0.497 e. The van der Waals surface area contributed by atoms with Crippen LogP contribution in [0.4, 0.5) is 4.79 Å². The molecular weight excluding hydrogens is 464 g/mol. The average Bonchev–Trinajstić information content (AvgIpc) is 3.22. The summed E-state index contributed by atoms with van der Waals surface area (Å²) in [6.07, 6.45) is 0.288. The molecule has 5 rings (SSSR count). The van der Waals surface area contributed by atoms with Crippen LogP contribution >= 0.6 is 0 Å². The second-order valence-electron chi connectivity index (χ2n) is 8.67. The molecule has 3 aliphatic heterocycles. The van der Waals surface area contributed by atoms with Crippen molar-refractivity contribution >= 4 is 21.8 Å². The van der Waals surface area contributed by atoms with E-state index in [1.54, 1.807) is 21.7 Å². The van der Waals surface area contributed by atoms with Crippen molar-refractivity contribution in [1.82, 2.24) is 19.6 Å². The maximum atomic E-state index is 13.5. The molecule has 12 heteroatoms. The topological polar surface area (TPSA) is 131 Å². The number of piperidine rings is 1. The maximum Gasteiger partial charge on any atom is 0.407 e. The number of hydrogen-bond donors (Lipinski definition) is 1. The molecule has 2 amide bonds. The monoisotopic (exact) mass is 490 g/mol. The molecule has 1 unspecified atom stereocenters. The van der Waals surface area contributed by atoms with Gasteiger partial charge in [-0.3, -0.25) is 9.48 Å². The Morgan fingerprint density at radius 1 is 1.18 bits per heavy atom. The highest BCUT2D eigenvalue weighted by Crippen LogP contribution is 2.43. The highest BCUT2D eigenvalue weighted by atomic mass is 32.2. The Morgan fingerprint density at radius 2 is 1.94 bits per heavy atom. The smallest absolute Gasteiger partial charge is 0.407 e. The number of rotatable bonds is 3. The predicted octanol–water partition coefficient (Wildman–Crippen LogP) is 1.63. The summed E-state index contributed by atoms with van der Waals surface area (Å²) in [5.41, 5.74) is 1.41. The second kappa shape index (κ2) is 8.58. The van der Waals surface area contributed by atoms with Crippen LogP contribution < -0.4 is 4.74 Å². The number of morpholine rings is 1. The van der Waals surface area contributed by atoms with Gasteiger partial charge in [0.15, 0.2) is 15.5 Å². The molecule has 2 fully saturated rings. The van der Waals surface area contributed by atoms with Crippen molar-refractivity contribution in [2.45, 2.75) is 29.5 Å². The number of carbonyl (C=O) groups excluding carboxylic acids is 1. The molecule has 0 radical (unpaired) electrons. The molecule has 3 aliphatic rings. The van der Waals surface area contributed by atoms with E-state index in [0.717, 1.165) is 0 Å². The third kappa shape index (κ3) is 3.80. The highest BCUT2D eigenvalue weighted by Gasteiger charge is 2.39. The largest absolute Gasteiger partial charge is 0.497 e. The van der Waals surface area contributed by atoms with Crippen LogP contribution in [0.5, 0.6) is 5.75 Å². The number of hydrogen-bond acceptors (Lipinski definition) is 7. The normalized spacial score (nSPS) is 21.5. The van der Waals surface area contributed by atoms with Crippen LogP contribution in [0, 0.1) is 0 Å². The van der Waals surface area contributed by atoms with Gasteiger partial charge in [-0.1, -0.05) is 0 Å². The number of benzene rings is 1. The van der Waals surface area contributed by atoms with Gasteiger partial charge in [-0.25, -0.2) is 13.2 Å². The van der Waals surface area contributed by atoms with E-state index in [-0.39, 0.29) is 34.8 Å². The molecule has 11 nitrogen and oxygen atoms in total. The predicted molar refractivity (Wildman–Crippen MR) is 120 cm³/mol. The summed E-state index contributed by atoms with van der Waals surface area (Å²) in [5, 5.41) is 14.2. The quantitative estimate of drug-likeness (QED) is 0.687. The zero-order valence-corrected chi connectivity index (χ0v) is 19.6. The van der Waals surface area contributed by atoms with Crippen LogP contribution in [0.2, 0.25) is 0 Å². The third-order valence-electron chi connectivity index (χ3n) is 6.63. The lowest BCUT2D eigenvalue weighted by Crippen LogP contribution is -2.41. The van der Waals surface area contributed by atoms with Crippen LogP contribution in [0.3, 0.4) is 0 Å². The lowest BCUT2D eigenvalue weighted by atomic mass is 10.0. The molecule has 4 heterocycles. The second-order valence-corrected chi connectivity index (χ2v) is 10.6. The minimum atomic E-state index is -3.72. The number of aromatic nitrogens is 2. The van der Waals surface area contributed by atoms with E-state index in [1.165, 1.54) is 18.1 Å². The van der Waals surface area contributed by atoms with Gasteiger partial charge in [-0.15, -0.1) is 0 Å². The van der Waals surface area contributed by atoms with E-state index in [9.17, 15) is 23.1 Å². The number of likely N-dealkylation sites (tertiary alicyclic amines) is 1. The molecule has 0 spiro atoms. The Balaban J connectivity index is 1.69. The summed E-state index contributed by atoms with van der Waals surface area (Å²) >= 11 is 0. The van der Waals surface area contributed by atoms with Crippen LogP contribution in [0.15, 0.2) is 23.1 Å². The van der Waals surface area contributed by atoms with Gasteiger partial charge < -0.3 is 24.4 Å². The number of sulfone groups is 1. The molecule has 1 N–H and O–H groups in total. The molecule has 0 bridgehead atoms. The molecule has 1 atom stereocenters. The van der Waals surface area contributed by atoms with E-state index >= 15 is 0 Å². The van der Waals surface area contributed by atoms with Crippen LogP contribution in [-0.4, -0.2) is 91.6 Å². The number of fused-ring (bicyclic) bond motifs is 3. The highest BCUT2D eigenvalue weighted by molar-refractivity contribution is 7.90. The van der Waals surface area contributed by atoms with Crippen LogP contribution in [0.25, 0.3) is 11.3 Å². The summed E-state index contributed by atoms with van der Waals surface area (Å²) in [7, 11) is -2.22. The number of carboxylic acid groups (broad SMARTS) is 1. The van der Waals surface area contributed by atoms with Gasteiger partial charge in [0.1, 0.15) is 5.75 Å². The fourth-order valence-corrected chi connectivity index (χ4v) is 6.51. The Labute approximate surface area is 196 Å². The first-order valence-corrected chi connectivity index (χ1v) is 12.8. The first kappa shape index (κ1) is 22.7. The van der Waals surface area contributed by atoms with E-state index in [2.05, 4.69) is 5.10 Å². The van der Waals surface area contributed by atoms with Crippen LogP contribution in [0.1, 0.15) is 34.9 Å². The van der Waals surface area contributed by atoms with E-state index in [0.29, 0.717) is 68.3 Å². The van der Waals surface area contributed by atoms with Gasteiger partial charge in [-0.05, 0) is 31.0 Å². The van der Waals surface area contributed by atoms with Crippen molar-refractivity contribution < 1.29 is 32.6 Å². The zero-order valence-electron chi connectivity index (χ0n) is 18.8. The SMILES string of the molecule is COc1ccc2c(c1)-c1c(c(C(=O)N3CCOCC3)nn1C1CCCN(C(=O)O)C1)CS2(=O)=O. The molecule has 0 saturated carbocycles. The number of nitrogens with zero attached hydrogens (tertiary/aromatic N) is 4. The summed E-state index contributed by atoms with van der Waals surface area (Å²) < 4.78 is 38.8.